The molecule has 0 unspecified atom stereocenters. The van der Waals surface area contributed by atoms with E-state index >= 15 is 0 Å². The molecular weight excluding hydrogens is 312 g/mol. The topological polar surface area (TPSA) is 55.1 Å². The first kappa shape index (κ1) is 12.0. The zero-order valence-corrected chi connectivity index (χ0v) is 12.3. The molecule has 1 fully saturated rings. The second kappa shape index (κ2) is 3.96. The molecule has 0 aliphatic heterocycles. The van der Waals surface area contributed by atoms with E-state index in [1.807, 2.05) is 18.2 Å². The molecule has 1 aromatic heterocycles. The monoisotopic (exact) mass is 324 g/mol. The molecule has 1 amide bonds. The van der Waals surface area contributed by atoms with Crippen LogP contribution in [0, 0.1) is 0 Å². The number of thiophene rings is 1. The smallest absolute Gasteiger partial charge is 0.263 e. The Morgan fingerprint density at radius 3 is 2.89 bits per heavy atom. The summed E-state index contributed by atoms with van der Waals surface area (Å²) < 4.78 is 2.02. The number of hydrogen-bond donors (Lipinski definition) is 2. The minimum atomic E-state index is -0.0511. The van der Waals surface area contributed by atoms with Crippen molar-refractivity contribution in [3.05, 3.63) is 27.5 Å². The summed E-state index contributed by atoms with van der Waals surface area (Å²) in [5.74, 6) is -0.0511. The van der Waals surface area contributed by atoms with Gasteiger partial charge in [0.1, 0.15) is 4.88 Å². The molecule has 1 heterocycles. The van der Waals surface area contributed by atoms with Crippen LogP contribution in [0.2, 0.25) is 0 Å². The highest BCUT2D eigenvalue weighted by Crippen LogP contribution is 2.38. The molecule has 2 aromatic rings. The molecule has 3 nitrogen and oxygen atoms in total. The van der Waals surface area contributed by atoms with Crippen LogP contribution >= 0.6 is 27.3 Å². The molecule has 18 heavy (non-hydrogen) atoms. The van der Waals surface area contributed by atoms with E-state index in [2.05, 4.69) is 28.2 Å². The second-order valence-electron chi connectivity index (χ2n) is 5.00. The van der Waals surface area contributed by atoms with E-state index in [0.29, 0.717) is 10.6 Å². The van der Waals surface area contributed by atoms with E-state index in [0.717, 1.165) is 27.4 Å². The van der Waals surface area contributed by atoms with Crippen molar-refractivity contribution in [3.8, 4) is 0 Å². The van der Waals surface area contributed by atoms with Gasteiger partial charge in [0.05, 0.1) is 5.69 Å². The lowest BCUT2D eigenvalue weighted by atomic mass is 10.2. The minimum Gasteiger partial charge on any atom is -0.397 e. The molecule has 1 aromatic carbocycles. The first-order chi connectivity index (χ1) is 8.48. The Morgan fingerprint density at radius 1 is 1.50 bits per heavy atom. The van der Waals surface area contributed by atoms with Crippen molar-refractivity contribution in [2.75, 3.05) is 5.73 Å². The van der Waals surface area contributed by atoms with Crippen molar-refractivity contribution in [3.63, 3.8) is 0 Å². The van der Waals surface area contributed by atoms with Crippen LogP contribution in [0.5, 0.6) is 0 Å². The van der Waals surface area contributed by atoms with E-state index in [1.165, 1.54) is 11.3 Å². The van der Waals surface area contributed by atoms with Crippen molar-refractivity contribution in [2.24, 2.45) is 0 Å². The Morgan fingerprint density at radius 2 is 2.22 bits per heavy atom. The van der Waals surface area contributed by atoms with Gasteiger partial charge in [-0.1, -0.05) is 15.9 Å². The van der Waals surface area contributed by atoms with Crippen molar-refractivity contribution >= 4 is 48.9 Å². The lowest BCUT2D eigenvalue weighted by molar-refractivity contribution is 0.0940. The van der Waals surface area contributed by atoms with Gasteiger partial charge in [0.15, 0.2) is 0 Å². The van der Waals surface area contributed by atoms with Gasteiger partial charge >= 0.3 is 0 Å². The number of rotatable bonds is 2. The summed E-state index contributed by atoms with van der Waals surface area (Å²) in [7, 11) is 0. The van der Waals surface area contributed by atoms with Gasteiger partial charge in [-0.25, -0.2) is 0 Å². The fourth-order valence-corrected chi connectivity index (χ4v) is 3.26. The predicted molar refractivity (Wildman–Crippen MR) is 79.0 cm³/mol. The maximum absolute atomic E-state index is 12.2. The van der Waals surface area contributed by atoms with E-state index in [-0.39, 0.29) is 11.4 Å². The van der Waals surface area contributed by atoms with Gasteiger partial charge in [0, 0.05) is 20.1 Å². The average molecular weight is 325 g/mol. The summed E-state index contributed by atoms with van der Waals surface area (Å²) in [5.41, 5.74) is 6.64. The Bertz CT molecular complexity index is 646. The Labute approximate surface area is 117 Å². The standard InChI is InChI=1S/C13H13BrN2OS/c1-13(4-5-13)16-12(17)11-10(15)8-6-7(14)2-3-9(8)18-11/h2-3,6H,4-5,15H2,1H3,(H,16,17). The van der Waals surface area contributed by atoms with E-state index in [1.54, 1.807) is 0 Å². The van der Waals surface area contributed by atoms with Crippen LogP contribution < -0.4 is 11.1 Å². The van der Waals surface area contributed by atoms with Gasteiger partial charge in [-0.15, -0.1) is 11.3 Å². The number of benzene rings is 1. The van der Waals surface area contributed by atoms with Gasteiger partial charge in [-0.2, -0.15) is 0 Å². The molecule has 1 saturated carbocycles. The molecule has 3 N–H and O–H groups in total. The second-order valence-corrected chi connectivity index (χ2v) is 6.97. The quantitative estimate of drug-likeness (QED) is 0.887. The SMILES string of the molecule is CC1(NC(=O)c2sc3ccc(Br)cc3c2N)CC1. The molecule has 3 rings (SSSR count). The summed E-state index contributed by atoms with van der Waals surface area (Å²) in [6, 6.07) is 5.90. The van der Waals surface area contributed by atoms with Crippen molar-refractivity contribution in [2.45, 2.75) is 25.3 Å². The Hall–Kier alpha value is -1.07. The van der Waals surface area contributed by atoms with E-state index in [4.69, 9.17) is 5.73 Å². The summed E-state index contributed by atoms with van der Waals surface area (Å²) in [6.07, 6.45) is 2.10. The summed E-state index contributed by atoms with van der Waals surface area (Å²) in [5, 5.41) is 3.99. The van der Waals surface area contributed by atoms with Crippen LogP contribution in [0.3, 0.4) is 0 Å². The number of hydrogen-bond acceptors (Lipinski definition) is 3. The van der Waals surface area contributed by atoms with Crippen LogP contribution in [0.25, 0.3) is 10.1 Å². The van der Waals surface area contributed by atoms with Crippen LogP contribution in [0.1, 0.15) is 29.4 Å². The molecule has 0 radical (unpaired) electrons. The molecule has 94 valence electrons. The normalized spacial score (nSPS) is 16.8. The van der Waals surface area contributed by atoms with Gasteiger partial charge in [0.2, 0.25) is 0 Å². The third kappa shape index (κ3) is 2.01. The van der Waals surface area contributed by atoms with Crippen molar-refractivity contribution in [1.82, 2.24) is 5.32 Å². The number of carbonyl (C=O) groups excluding carboxylic acids is 1. The minimum absolute atomic E-state index is 0.0136. The molecular formula is C13H13BrN2OS. The average Bonchev–Trinajstić information content (AvgIpc) is 2.94. The molecule has 1 aliphatic rings. The number of nitrogen functional groups attached to an aromatic ring is 1. The van der Waals surface area contributed by atoms with Crippen LogP contribution in [-0.4, -0.2) is 11.4 Å². The number of anilines is 1. The largest absolute Gasteiger partial charge is 0.397 e. The van der Waals surface area contributed by atoms with E-state index < -0.39 is 0 Å². The highest BCUT2D eigenvalue weighted by Gasteiger charge is 2.39. The third-order valence-corrected chi connectivity index (χ3v) is 4.99. The van der Waals surface area contributed by atoms with Crippen LogP contribution in [-0.2, 0) is 0 Å². The highest BCUT2D eigenvalue weighted by molar-refractivity contribution is 9.10. The number of carbonyl (C=O) groups is 1. The fraction of sp³-hybridized carbons (Fsp3) is 0.308. The van der Waals surface area contributed by atoms with Gasteiger partial charge in [0.25, 0.3) is 5.91 Å². The van der Waals surface area contributed by atoms with Crippen LogP contribution in [0.4, 0.5) is 5.69 Å². The maximum atomic E-state index is 12.2. The summed E-state index contributed by atoms with van der Waals surface area (Å²) in [6.45, 7) is 2.06. The highest BCUT2D eigenvalue weighted by atomic mass is 79.9. The van der Waals surface area contributed by atoms with E-state index in [9.17, 15) is 4.79 Å². The lowest BCUT2D eigenvalue weighted by Gasteiger charge is -2.10. The maximum Gasteiger partial charge on any atom is 0.263 e. The third-order valence-electron chi connectivity index (χ3n) is 3.31. The van der Waals surface area contributed by atoms with Crippen molar-refractivity contribution in [1.29, 1.82) is 0 Å². The number of nitrogens with two attached hydrogens (primary N) is 1. The molecule has 5 heteroatoms. The number of amides is 1. The number of fused-ring (bicyclic) bond motifs is 1. The molecule has 1 aliphatic carbocycles. The van der Waals surface area contributed by atoms with Crippen LogP contribution in [0.15, 0.2) is 22.7 Å². The van der Waals surface area contributed by atoms with Gasteiger partial charge < -0.3 is 11.1 Å². The van der Waals surface area contributed by atoms with Gasteiger partial charge in [-0.05, 0) is 38.0 Å². The summed E-state index contributed by atoms with van der Waals surface area (Å²) in [4.78, 5) is 12.8. The number of nitrogens with one attached hydrogen (secondary N) is 1. The lowest BCUT2D eigenvalue weighted by Crippen LogP contribution is -2.34. The van der Waals surface area contributed by atoms with Crippen molar-refractivity contribution < 1.29 is 4.79 Å². The molecule has 0 bridgehead atoms. The zero-order valence-electron chi connectivity index (χ0n) is 9.92. The first-order valence-electron chi connectivity index (χ1n) is 5.79. The predicted octanol–water partition coefficient (Wildman–Crippen LogP) is 3.53. The fourth-order valence-electron chi connectivity index (χ4n) is 1.90. The molecule has 0 spiro atoms. The first-order valence-corrected chi connectivity index (χ1v) is 7.39. The Balaban J connectivity index is 2.01. The number of halogens is 1. The molecule has 0 saturated heterocycles. The Kier molecular flexibility index (Phi) is 2.64. The summed E-state index contributed by atoms with van der Waals surface area (Å²) >= 11 is 4.87. The molecule has 0 atom stereocenters. The van der Waals surface area contributed by atoms with Gasteiger partial charge in [-0.3, -0.25) is 4.79 Å². The zero-order chi connectivity index (χ0) is 12.9.